The Bertz CT molecular complexity index is 1010. The summed E-state index contributed by atoms with van der Waals surface area (Å²) in [6.07, 6.45) is 0. The van der Waals surface area contributed by atoms with Crippen LogP contribution in [0.2, 0.25) is 5.02 Å². The molecule has 0 unspecified atom stereocenters. The second-order valence-corrected chi connectivity index (χ2v) is 6.42. The predicted molar refractivity (Wildman–Crippen MR) is 103 cm³/mol. The molecule has 1 N–H and O–H groups in total. The molecule has 0 aliphatic heterocycles. The summed E-state index contributed by atoms with van der Waals surface area (Å²) in [6.45, 7) is 2.99. The number of aryl methyl sites for hydroxylation is 1. The molecule has 8 heteroatoms. The zero-order valence-electron chi connectivity index (χ0n) is 15.2. The van der Waals surface area contributed by atoms with Crippen molar-refractivity contribution in [3.63, 3.8) is 0 Å². The van der Waals surface area contributed by atoms with Crippen molar-refractivity contribution in [2.24, 2.45) is 0 Å². The summed E-state index contributed by atoms with van der Waals surface area (Å²) in [5, 5.41) is 7.02. The molecule has 144 valence electrons. The van der Waals surface area contributed by atoms with Gasteiger partial charge in [-0.05, 0) is 38.1 Å². The van der Waals surface area contributed by atoms with Gasteiger partial charge in [0, 0.05) is 0 Å². The van der Waals surface area contributed by atoms with Gasteiger partial charge in [-0.3, -0.25) is 4.79 Å². The number of rotatable bonds is 5. The van der Waals surface area contributed by atoms with Crippen LogP contribution in [-0.4, -0.2) is 28.3 Å². The number of hydrogen-bond donors (Lipinski definition) is 1. The number of ether oxygens (including phenoxy) is 1. The summed E-state index contributed by atoms with van der Waals surface area (Å²) in [5.41, 5.74) is 2.30. The van der Waals surface area contributed by atoms with Gasteiger partial charge in [-0.1, -0.05) is 35.9 Å². The van der Waals surface area contributed by atoms with Crippen molar-refractivity contribution < 1.29 is 18.7 Å². The number of para-hydroxylation sites is 1. The minimum Gasteiger partial charge on any atom is -0.452 e. The number of hydrogen-bond acceptors (Lipinski definition) is 4. The Hall–Kier alpha value is -3.19. The van der Waals surface area contributed by atoms with Gasteiger partial charge >= 0.3 is 5.97 Å². The lowest BCUT2D eigenvalue weighted by atomic mass is 10.2. The summed E-state index contributed by atoms with van der Waals surface area (Å²) >= 11 is 5.82. The molecule has 28 heavy (non-hydrogen) atoms. The van der Waals surface area contributed by atoms with Crippen LogP contribution in [0.4, 0.5) is 10.1 Å². The van der Waals surface area contributed by atoms with Gasteiger partial charge < -0.3 is 10.1 Å². The number of anilines is 1. The van der Waals surface area contributed by atoms with Gasteiger partial charge in [0.2, 0.25) is 0 Å². The molecular formula is C20H17ClFN3O3. The minimum absolute atomic E-state index is 0.0822. The number of amides is 1. The van der Waals surface area contributed by atoms with Crippen LogP contribution in [0.1, 0.15) is 21.7 Å². The van der Waals surface area contributed by atoms with Crippen molar-refractivity contribution in [2.45, 2.75) is 13.8 Å². The van der Waals surface area contributed by atoms with Crippen molar-refractivity contribution >= 4 is 29.2 Å². The Kier molecular flexibility index (Phi) is 5.75. The van der Waals surface area contributed by atoms with E-state index in [1.165, 1.54) is 12.1 Å². The number of nitrogens with one attached hydrogen (secondary N) is 1. The highest BCUT2D eigenvalue weighted by Gasteiger charge is 2.20. The van der Waals surface area contributed by atoms with Crippen LogP contribution in [0.3, 0.4) is 0 Å². The average Bonchev–Trinajstić information content (AvgIpc) is 2.95. The first-order valence-corrected chi connectivity index (χ1v) is 8.79. The van der Waals surface area contributed by atoms with Gasteiger partial charge in [0.25, 0.3) is 5.91 Å². The molecule has 0 aliphatic rings. The fraction of sp³-hybridized carbons (Fsp3) is 0.150. The van der Waals surface area contributed by atoms with Crippen molar-refractivity contribution in [3.05, 3.63) is 76.3 Å². The summed E-state index contributed by atoms with van der Waals surface area (Å²) in [4.78, 5) is 24.2. The molecule has 0 atom stereocenters. The van der Waals surface area contributed by atoms with Crippen LogP contribution >= 0.6 is 11.6 Å². The molecule has 0 saturated heterocycles. The maximum Gasteiger partial charge on any atom is 0.343 e. The molecular weight excluding hydrogens is 385 g/mol. The molecule has 1 heterocycles. The van der Waals surface area contributed by atoms with Gasteiger partial charge in [-0.25, -0.2) is 13.9 Å². The van der Waals surface area contributed by atoms with Crippen molar-refractivity contribution in [1.29, 1.82) is 0 Å². The van der Waals surface area contributed by atoms with E-state index in [0.29, 0.717) is 11.4 Å². The zero-order valence-corrected chi connectivity index (χ0v) is 16.0. The number of carbonyl (C=O) groups is 2. The molecule has 0 fully saturated rings. The van der Waals surface area contributed by atoms with Crippen LogP contribution in [0.25, 0.3) is 5.69 Å². The van der Waals surface area contributed by atoms with Crippen LogP contribution in [0.5, 0.6) is 0 Å². The zero-order chi connectivity index (χ0) is 20.3. The van der Waals surface area contributed by atoms with E-state index in [-0.39, 0.29) is 5.02 Å². The molecule has 0 bridgehead atoms. The fourth-order valence-electron chi connectivity index (χ4n) is 2.72. The SMILES string of the molecule is Cc1nn(-c2ccccc2)c(C)c1NC(=O)COC(=O)c1c(F)cccc1Cl. The van der Waals surface area contributed by atoms with E-state index in [2.05, 4.69) is 10.4 Å². The lowest BCUT2D eigenvalue weighted by Crippen LogP contribution is -2.22. The summed E-state index contributed by atoms with van der Waals surface area (Å²) in [7, 11) is 0. The normalized spacial score (nSPS) is 10.6. The number of halogens is 2. The first-order chi connectivity index (χ1) is 13.4. The maximum atomic E-state index is 13.7. The van der Waals surface area contributed by atoms with Crippen molar-refractivity contribution in [3.8, 4) is 5.69 Å². The minimum atomic E-state index is -1.01. The van der Waals surface area contributed by atoms with Gasteiger partial charge in [-0.15, -0.1) is 0 Å². The maximum absolute atomic E-state index is 13.7. The lowest BCUT2D eigenvalue weighted by molar-refractivity contribution is -0.119. The number of benzene rings is 2. The van der Waals surface area contributed by atoms with Gasteiger partial charge in [-0.2, -0.15) is 5.10 Å². The van der Waals surface area contributed by atoms with Crippen molar-refractivity contribution in [1.82, 2.24) is 9.78 Å². The summed E-state index contributed by atoms with van der Waals surface area (Å²) in [6, 6.07) is 13.3. The van der Waals surface area contributed by atoms with Gasteiger partial charge in [0.15, 0.2) is 6.61 Å². The standard InChI is InChI=1S/C20H17ClFN3O3/c1-12-19(13(2)25(24-12)14-7-4-3-5-8-14)23-17(26)11-28-20(27)18-15(21)9-6-10-16(18)22/h3-10H,11H2,1-2H3,(H,23,26). The van der Waals surface area contributed by atoms with E-state index >= 15 is 0 Å². The third-order valence-corrected chi connectivity index (χ3v) is 4.37. The Balaban J connectivity index is 1.69. The van der Waals surface area contributed by atoms with E-state index in [1.807, 2.05) is 37.3 Å². The van der Waals surface area contributed by atoms with Crippen LogP contribution < -0.4 is 5.32 Å². The van der Waals surface area contributed by atoms with E-state index in [1.54, 1.807) is 11.6 Å². The molecule has 2 aromatic carbocycles. The molecule has 1 amide bonds. The first kappa shape index (κ1) is 19.6. The second kappa shape index (κ2) is 8.22. The number of esters is 1. The van der Waals surface area contributed by atoms with E-state index in [4.69, 9.17) is 16.3 Å². The third kappa shape index (κ3) is 4.04. The molecule has 0 spiro atoms. The molecule has 3 aromatic rings. The van der Waals surface area contributed by atoms with Gasteiger partial charge in [0.05, 0.1) is 27.8 Å². The molecule has 3 rings (SSSR count). The highest BCUT2D eigenvalue weighted by molar-refractivity contribution is 6.33. The van der Waals surface area contributed by atoms with Crippen LogP contribution in [0, 0.1) is 19.7 Å². The topological polar surface area (TPSA) is 73.2 Å². The predicted octanol–water partition coefficient (Wildman–Crippen LogP) is 4.08. The summed E-state index contributed by atoms with van der Waals surface area (Å²) < 4.78 is 20.3. The Morgan fingerprint density at radius 2 is 1.86 bits per heavy atom. The Labute approximate surface area is 165 Å². The van der Waals surface area contributed by atoms with E-state index < -0.39 is 29.9 Å². The lowest BCUT2D eigenvalue weighted by Gasteiger charge is -2.09. The molecule has 1 aromatic heterocycles. The molecule has 6 nitrogen and oxygen atoms in total. The smallest absolute Gasteiger partial charge is 0.343 e. The Morgan fingerprint density at radius 3 is 2.54 bits per heavy atom. The highest BCUT2D eigenvalue weighted by Crippen LogP contribution is 2.23. The highest BCUT2D eigenvalue weighted by atomic mass is 35.5. The summed E-state index contributed by atoms with van der Waals surface area (Å²) in [5.74, 6) is -2.39. The molecule has 0 saturated carbocycles. The second-order valence-electron chi connectivity index (χ2n) is 6.01. The quantitative estimate of drug-likeness (QED) is 0.654. The van der Waals surface area contributed by atoms with Gasteiger partial charge in [0.1, 0.15) is 11.4 Å². The van der Waals surface area contributed by atoms with Crippen LogP contribution in [-0.2, 0) is 9.53 Å². The van der Waals surface area contributed by atoms with Crippen LogP contribution in [0.15, 0.2) is 48.5 Å². The average molecular weight is 402 g/mol. The number of nitrogens with zero attached hydrogens (tertiary/aromatic N) is 2. The third-order valence-electron chi connectivity index (χ3n) is 4.06. The molecule has 0 aliphatic carbocycles. The first-order valence-electron chi connectivity index (χ1n) is 8.41. The Morgan fingerprint density at radius 1 is 1.14 bits per heavy atom. The van der Waals surface area contributed by atoms with E-state index in [9.17, 15) is 14.0 Å². The van der Waals surface area contributed by atoms with E-state index in [0.717, 1.165) is 17.4 Å². The number of aromatic nitrogens is 2. The number of carbonyl (C=O) groups excluding carboxylic acids is 2. The fourth-order valence-corrected chi connectivity index (χ4v) is 2.96. The molecule has 0 radical (unpaired) electrons. The monoisotopic (exact) mass is 401 g/mol. The van der Waals surface area contributed by atoms with Crippen molar-refractivity contribution in [2.75, 3.05) is 11.9 Å². The largest absolute Gasteiger partial charge is 0.452 e.